The van der Waals surface area contributed by atoms with Crippen LogP contribution in [0.5, 0.6) is 0 Å². The molecule has 4 nitrogen and oxygen atoms in total. The van der Waals surface area contributed by atoms with Gasteiger partial charge in [-0.25, -0.2) is 4.98 Å². The number of nitriles is 1. The topological polar surface area (TPSA) is 65.8 Å². The number of nitrogens with zero attached hydrogens (tertiary/aromatic N) is 2. The van der Waals surface area contributed by atoms with Gasteiger partial charge in [0.15, 0.2) is 5.13 Å². The van der Waals surface area contributed by atoms with Gasteiger partial charge in [-0.3, -0.25) is 4.79 Å². The van der Waals surface area contributed by atoms with Crippen molar-refractivity contribution in [2.45, 2.75) is 38.9 Å². The van der Waals surface area contributed by atoms with Gasteiger partial charge in [0.25, 0.3) is 0 Å². The van der Waals surface area contributed by atoms with Gasteiger partial charge in [-0.15, -0.1) is 23.1 Å². The lowest BCUT2D eigenvalue weighted by molar-refractivity contribution is -0.113. The predicted octanol–water partition coefficient (Wildman–Crippen LogP) is 4.40. The number of carbonyl (C=O) groups is 1. The highest BCUT2D eigenvalue weighted by atomic mass is 32.2. The molecule has 0 spiro atoms. The second-order valence-corrected chi connectivity index (χ2v) is 7.41. The minimum atomic E-state index is -0.0203. The number of thioether (sulfide) groups is 1. The van der Waals surface area contributed by atoms with Crippen LogP contribution in [0, 0.1) is 11.3 Å². The molecule has 1 amide bonds. The molecule has 0 saturated carbocycles. The maximum atomic E-state index is 12.1. The summed E-state index contributed by atoms with van der Waals surface area (Å²) in [5.41, 5.74) is 2.88. The van der Waals surface area contributed by atoms with E-state index < -0.39 is 0 Å². The van der Waals surface area contributed by atoms with Gasteiger partial charge in [-0.2, -0.15) is 5.26 Å². The van der Waals surface area contributed by atoms with Crippen LogP contribution in [0.1, 0.15) is 42.0 Å². The average Bonchev–Trinajstić information content (AvgIpc) is 2.97. The highest BCUT2D eigenvalue weighted by Crippen LogP contribution is 2.25. The average molecular weight is 360 g/mol. The van der Waals surface area contributed by atoms with E-state index in [1.54, 1.807) is 35.2 Å². The highest BCUT2D eigenvalue weighted by Gasteiger charge is 2.11. The van der Waals surface area contributed by atoms with Crippen molar-refractivity contribution < 1.29 is 4.79 Å². The van der Waals surface area contributed by atoms with Crippen LogP contribution in [0.3, 0.4) is 0 Å². The van der Waals surface area contributed by atoms with Gasteiger partial charge >= 0.3 is 0 Å². The number of aromatic nitrogens is 1. The number of amides is 1. The summed E-state index contributed by atoms with van der Waals surface area (Å²) < 4.78 is 0. The fraction of sp³-hybridized carbons (Fsp3) is 0.389. The molecule has 1 aromatic heterocycles. The third kappa shape index (κ3) is 5.36. The lowest BCUT2D eigenvalue weighted by atomic mass is 10.2. The van der Waals surface area contributed by atoms with Crippen LogP contribution in [-0.4, -0.2) is 16.6 Å². The van der Waals surface area contributed by atoms with E-state index in [9.17, 15) is 4.79 Å². The predicted molar refractivity (Wildman–Crippen MR) is 101 cm³/mol. The van der Waals surface area contributed by atoms with Gasteiger partial charge in [-0.05, 0) is 30.5 Å². The summed E-state index contributed by atoms with van der Waals surface area (Å²) in [6, 6.07) is 9.55. The Morgan fingerprint density at radius 1 is 1.33 bits per heavy atom. The Balaban J connectivity index is 1.81. The van der Waals surface area contributed by atoms with Gasteiger partial charge < -0.3 is 5.32 Å². The molecular weight excluding hydrogens is 338 g/mol. The van der Waals surface area contributed by atoms with Crippen molar-refractivity contribution in [1.29, 1.82) is 5.26 Å². The van der Waals surface area contributed by atoms with E-state index in [0.29, 0.717) is 16.4 Å². The van der Waals surface area contributed by atoms with E-state index in [1.165, 1.54) is 4.88 Å². The van der Waals surface area contributed by atoms with Gasteiger partial charge in [0.05, 0.1) is 23.1 Å². The largest absolute Gasteiger partial charge is 0.301 e. The second kappa shape index (κ2) is 9.45. The van der Waals surface area contributed by atoms with Crippen LogP contribution >= 0.6 is 23.1 Å². The summed E-state index contributed by atoms with van der Waals surface area (Å²) in [6.45, 7) is 4.25. The SMILES string of the molecule is CCCc1nc(NC(=O)CSCc2ccc(C#N)cc2)sc1CC. The summed E-state index contributed by atoms with van der Waals surface area (Å²) in [4.78, 5) is 17.9. The van der Waals surface area contributed by atoms with Crippen LogP contribution in [-0.2, 0) is 23.4 Å². The number of rotatable bonds is 8. The van der Waals surface area contributed by atoms with Crippen LogP contribution in [0.4, 0.5) is 5.13 Å². The summed E-state index contributed by atoms with van der Waals surface area (Å²) in [5, 5.41) is 12.4. The Morgan fingerprint density at radius 3 is 2.71 bits per heavy atom. The summed E-state index contributed by atoms with van der Waals surface area (Å²) in [7, 11) is 0. The van der Waals surface area contributed by atoms with Crippen molar-refractivity contribution in [3.05, 3.63) is 46.0 Å². The van der Waals surface area contributed by atoms with Crippen LogP contribution in [0.2, 0.25) is 0 Å². The second-order valence-electron chi connectivity index (χ2n) is 5.34. The van der Waals surface area contributed by atoms with Crippen molar-refractivity contribution in [3.8, 4) is 6.07 Å². The molecule has 1 heterocycles. The van der Waals surface area contributed by atoms with Crippen molar-refractivity contribution >= 4 is 34.1 Å². The molecule has 1 N–H and O–H groups in total. The van der Waals surface area contributed by atoms with Gasteiger partial charge in [0, 0.05) is 10.6 Å². The first-order chi connectivity index (χ1) is 11.7. The molecule has 1 aromatic carbocycles. The van der Waals surface area contributed by atoms with Crippen LogP contribution in [0.25, 0.3) is 0 Å². The number of aryl methyl sites for hydroxylation is 2. The van der Waals surface area contributed by atoms with Gasteiger partial charge in [0.2, 0.25) is 5.91 Å². The van der Waals surface area contributed by atoms with Crippen LogP contribution in [0.15, 0.2) is 24.3 Å². The first-order valence-electron chi connectivity index (χ1n) is 8.01. The molecule has 126 valence electrons. The summed E-state index contributed by atoms with van der Waals surface area (Å²) in [5.74, 6) is 1.12. The molecule has 0 fully saturated rings. The molecule has 0 aliphatic carbocycles. The van der Waals surface area contributed by atoms with Crippen LogP contribution < -0.4 is 5.32 Å². The zero-order valence-corrected chi connectivity index (χ0v) is 15.6. The molecule has 6 heteroatoms. The molecule has 24 heavy (non-hydrogen) atoms. The smallest absolute Gasteiger partial charge is 0.236 e. The van der Waals surface area contributed by atoms with E-state index in [0.717, 1.165) is 36.3 Å². The van der Waals surface area contributed by atoms with E-state index in [4.69, 9.17) is 5.26 Å². The Bertz CT molecular complexity index is 717. The van der Waals surface area contributed by atoms with Crippen molar-refractivity contribution in [3.63, 3.8) is 0 Å². The minimum absolute atomic E-state index is 0.0203. The molecule has 2 aromatic rings. The molecule has 0 radical (unpaired) electrons. The maximum absolute atomic E-state index is 12.1. The van der Waals surface area contributed by atoms with Crippen molar-refractivity contribution in [2.75, 3.05) is 11.1 Å². The third-order valence-corrected chi connectivity index (χ3v) is 5.58. The number of hydrogen-bond donors (Lipinski definition) is 1. The molecule has 0 saturated heterocycles. The first kappa shape index (κ1) is 18.5. The fourth-order valence-corrected chi connectivity index (χ4v) is 3.99. The fourth-order valence-electron chi connectivity index (χ4n) is 2.24. The molecule has 0 bridgehead atoms. The number of anilines is 1. The van der Waals surface area contributed by atoms with Gasteiger partial charge in [0.1, 0.15) is 0 Å². The first-order valence-corrected chi connectivity index (χ1v) is 9.98. The van der Waals surface area contributed by atoms with E-state index >= 15 is 0 Å². The van der Waals surface area contributed by atoms with E-state index in [-0.39, 0.29) is 5.91 Å². The van der Waals surface area contributed by atoms with Gasteiger partial charge in [-0.1, -0.05) is 32.4 Å². The number of nitrogens with one attached hydrogen (secondary N) is 1. The molecule has 0 aliphatic rings. The lowest BCUT2D eigenvalue weighted by Crippen LogP contribution is -2.14. The number of benzene rings is 1. The van der Waals surface area contributed by atoms with E-state index in [1.807, 2.05) is 12.1 Å². The van der Waals surface area contributed by atoms with Crippen molar-refractivity contribution in [1.82, 2.24) is 4.98 Å². The van der Waals surface area contributed by atoms with E-state index in [2.05, 4.69) is 30.2 Å². The number of thiazole rings is 1. The van der Waals surface area contributed by atoms with Crippen molar-refractivity contribution in [2.24, 2.45) is 0 Å². The third-order valence-electron chi connectivity index (χ3n) is 3.42. The quantitative estimate of drug-likeness (QED) is 0.758. The number of carbonyl (C=O) groups excluding carboxylic acids is 1. The Kier molecular flexibility index (Phi) is 7.29. The molecule has 0 atom stereocenters. The molecule has 0 aliphatic heterocycles. The monoisotopic (exact) mass is 359 g/mol. The Morgan fingerprint density at radius 2 is 2.08 bits per heavy atom. The lowest BCUT2D eigenvalue weighted by Gasteiger charge is -2.03. The summed E-state index contributed by atoms with van der Waals surface area (Å²) in [6.07, 6.45) is 2.98. The number of hydrogen-bond acceptors (Lipinski definition) is 5. The minimum Gasteiger partial charge on any atom is -0.301 e. The summed E-state index contributed by atoms with van der Waals surface area (Å²) >= 11 is 3.13. The molecular formula is C18H21N3OS2. The normalized spacial score (nSPS) is 10.4. The molecule has 0 unspecified atom stereocenters. The highest BCUT2D eigenvalue weighted by molar-refractivity contribution is 7.99. The molecule has 2 rings (SSSR count). The Hall–Kier alpha value is -1.84. The zero-order chi connectivity index (χ0) is 17.4. The standard InChI is InChI=1S/C18H21N3OS2/c1-3-5-15-16(4-2)24-18(20-15)21-17(22)12-23-11-14-8-6-13(10-19)7-9-14/h6-9H,3-5,11-12H2,1-2H3,(H,20,21,22). The maximum Gasteiger partial charge on any atom is 0.236 e. The Labute approximate surface area is 151 Å². The zero-order valence-electron chi connectivity index (χ0n) is 14.0.